The van der Waals surface area contributed by atoms with Gasteiger partial charge in [0.2, 0.25) is 5.91 Å². The highest BCUT2D eigenvalue weighted by atomic mass is 35.5. The third kappa shape index (κ3) is 6.54. The summed E-state index contributed by atoms with van der Waals surface area (Å²) in [5.41, 5.74) is 1.19. The number of anilines is 3. The van der Waals surface area contributed by atoms with E-state index < -0.39 is 32.5 Å². The minimum Gasteiger partial charge on any atom is -0.325 e. The van der Waals surface area contributed by atoms with Crippen LogP contribution in [-0.4, -0.2) is 29.3 Å². The fraction of sp³-hybridized carbons (Fsp3) is 0.0741. The maximum absolute atomic E-state index is 13.5. The van der Waals surface area contributed by atoms with E-state index in [-0.39, 0.29) is 31.2 Å². The lowest BCUT2D eigenvalue weighted by atomic mass is 10.2. The summed E-state index contributed by atoms with van der Waals surface area (Å²) in [4.78, 5) is 12.9. The maximum atomic E-state index is 13.5. The molecule has 13 heteroatoms. The molecule has 0 heterocycles. The first-order valence-electron chi connectivity index (χ1n) is 11.6. The van der Waals surface area contributed by atoms with Gasteiger partial charge in [0.05, 0.1) is 31.2 Å². The van der Waals surface area contributed by atoms with Crippen LogP contribution in [0.3, 0.4) is 0 Å². The average Bonchev–Trinajstić information content (AvgIpc) is 2.92. The molecule has 2 N–H and O–H groups in total. The van der Waals surface area contributed by atoms with Gasteiger partial charge in [0.25, 0.3) is 20.0 Å². The highest BCUT2D eigenvalue weighted by molar-refractivity contribution is 7.93. The molecule has 0 aliphatic carbocycles. The van der Waals surface area contributed by atoms with Crippen molar-refractivity contribution in [2.24, 2.45) is 0 Å². The molecular formula is C27H22Cl3N3O5S2. The van der Waals surface area contributed by atoms with Crippen LogP contribution in [0.25, 0.3) is 0 Å². The van der Waals surface area contributed by atoms with Gasteiger partial charge >= 0.3 is 0 Å². The Morgan fingerprint density at radius 2 is 1.38 bits per heavy atom. The van der Waals surface area contributed by atoms with Gasteiger partial charge in [-0.2, -0.15) is 0 Å². The van der Waals surface area contributed by atoms with Crippen molar-refractivity contribution in [2.45, 2.75) is 16.7 Å². The number of rotatable bonds is 9. The Labute approximate surface area is 247 Å². The van der Waals surface area contributed by atoms with Crippen LogP contribution in [0.15, 0.2) is 101 Å². The fourth-order valence-corrected chi connectivity index (χ4v) is 6.87. The van der Waals surface area contributed by atoms with E-state index in [0.717, 1.165) is 4.31 Å². The third-order valence-corrected chi connectivity index (χ3v) is 10.2. The van der Waals surface area contributed by atoms with Crippen molar-refractivity contribution in [3.8, 4) is 0 Å². The van der Waals surface area contributed by atoms with Gasteiger partial charge in [-0.3, -0.25) is 13.8 Å². The van der Waals surface area contributed by atoms with Gasteiger partial charge in [-0.1, -0.05) is 65.1 Å². The second-order valence-corrected chi connectivity index (χ2v) is 13.2. The molecule has 0 saturated carbocycles. The number of carbonyl (C=O) groups is 1. The maximum Gasteiger partial charge on any atom is 0.264 e. The zero-order valence-electron chi connectivity index (χ0n) is 20.8. The molecule has 0 radical (unpaired) electrons. The van der Waals surface area contributed by atoms with E-state index in [1.165, 1.54) is 54.6 Å². The molecule has 208 valence electrons. The molecule has 4 rings (SSSR count). The SMILES string of the molecule is Cc1c(Cl)cccc1NS(=O)(=O)c1ccc(NC(=O)CN(c2cccc(Cl)c2Cl)S(=O)(=O)c2ccccc2)cc1. The fourth-order valence-electron chi connectivity index (χ4n) is 3.67. The van der Waals surface area contributed by atoms with Crippen LogP contribution >= 0.6 is 34.8 Å². The summed E-state index contributed by atoms with van der Waals surface area (Å²) >= 11 is 18.5. The van der Waals surface area contributed by atoms with Crippen LogP contribution in [0.1, 0.15) is 5.56 Å². The Morgan fingerprint density at radius 1 is 0.750 bits per heavy atom. The van der Waals surface area contributed by atoms with Crippen LogP contribution < -0.4 is 14.3 Å². The van der Waals surface area contributed by atoms with Gasteiger partial charge in [-0.15, -0.1) is 0 Å². The molecule has 0 aliphatic rings. The number of benzene rings is 4. The van der Waals surface area contributed by atoms with E-state index in [2.05, 4.69) is 10.0 Å². The zero-order valence-corrected chi connectivity index (χ0v) is 24.7. The molecule has 0 aromatic heterocycles. The van der Waals surface area contributed by atoms with Gasteiger partial charge in [0.1, 0.15) is 6.54 Å². The molecule has 0 aliphatic heterocycles. The van der Waals surface area contributed by atoms with E-state index in [9.17, 15) is 21.6 Å². The number of carbonyl (C=O) groups excluding carboxylic acids is 1. The van der Waals surface area contributed by atoms with Crippen molar-refractivity contribution in [3.63, 3.8) is 0 Å². The lowest BCUT2D eigenvalue weighted by Gasteiger charge is -2.25. The first-order chi connectivity index (χ1) is 18.9. The Morgan fingerprint density at radius 3 is 2.05 bits per heavy atom. The summed E-state index contributed by atoms with van der Waals surface area (Å²) in [6.07, 6.45) is 0. The predicted molar refractivity (Wildman–Crippen MR) is 160 cm³/mol. The van der Waals surface area contributed by atoms with Crippen molar-refractivity contribution in [1.82, 2.24) is 0 Å². The Kier molecular flexibility index (Phi) is 8.96. The summed E-state index contributed by atoms with van der Waals surface area (Å²) in [6.45, 7) is 1.06. The van der Waals surface area contributed by atoms with Crippen LogP contribution in [0.2, 0.25) is 15.1 Å². The Balaban J connectivity index is 1.56. The molecule has 0 saturated heterocycles. The van der Waals surface area contributed by atoms with E-state index in [1.807, 2.05) is 0 Å². The lowest BCUT2D eigenvalue weighted by molar-refractivity contribution is -0.114. The number of amides is 1. The number of nitrogens with zero attached hydrogens (tertiary/aromatic N) is 1. The summed E-state index contributed by atoms with van der Waals surface area (Å²) in [6, 6.07) is 22.3. The van der Waals surface area contributed by atoms with E-state index in [1.54, 1.807) is 43.3 Å². The summed E-state index contributed by atoms with van der Waals surface area (Å²) < 4.78 is 56.1. The van der Waals surface area contributed by atoms with E-state index >= 15 is 0 Å². The van der Waals surface area contributed by atoms with Crippen LogP contribution in [0, 0.1) is 6.92 Å². The van der Waals surface area contributed by atoms with Gasteiger partial charge in [0, 0.05) is 10.7 Å². The van der Waals surface area contributed by atoms with Crippen molar-refractivity contribution in [1.29, 1.82) is 0 Å². The minimum atomic E-state index is -4.21. The largest absolute Gasteiger partial charge is 0.325 e. The lowest BCUT2D eigenvalue weighted by Crippen LogP contribution is -2.38. The quantitative estimate of drug-likeness (QED) is 0.215. The van der Waals surface area contributed by atoms with Crippen molar-refractivity contribution < 1.29 is 21.6 Å². The number of halogens is 3. The van der Waals surface area contributed by atoms with Crippen LogP contribution in [0.4, 0.5) is 17.1 Å². The molecule has 4 aromatic rings. The molecule has 0 spiro atoms. The summed E-state index contributed by atoms with van der Waals surface area (Å²) in [5, 5.41) is 3.09. The molecule has 0 unspecified atom stereocenters. The predicted octanol–water partition coefficient (Wildman–Crippen LogP) is 6.59. The highest BCUT2D eigenvalue weighted by Gasteiger charge is 2.29. The number of sulfonamides is 2. The normalized spacial score (nSPS) is 11.6. The molecule has 8 nitrogen and oxygen atoms in total. The number of hydrogen-bond acceptors (Lipinski definition) is 5. The minimum absolute atomic E-state index is 0.0250. The smallest absolute Gasteiger partial charge is 0.264 e. The van der Waals surface area contributed by atoms with Crippen molar-refractivity contribution in [3.05, 3.63) is 112 Å². The molecule has 1 amide bonds. The van der Waals surface area contributed by atoms with E-state index in [0.29, 0.717) is 16.3 Å². The first kappa shape index (κ1) is 29.7. The van der Waals surface area contributed by atoms with Gasteiger partial charge in [-0.05, 0) is 73.2 Å². The second kappa shape index (κ2) is 12.1. The first-order valence-corrected chi connectivity index (χ1v) is 15.7. The van der Waals surface area contributed by atoms with E-state index in [4.69, 9.17) is 34.8 Å². The molecular weight excluding hydrogens is 617 g/mol. The summed E-state index contributed by atoms with van der Waals surface area (Å²) in [5.74, 6) is -0.696. The molecule has 4 aromatic carbocycles. The van der Waals surface area contributed by atoms with Crippen LogP contribution in [0.5, 0.6) is 0 Å². The average molecular weight is 639 g/mol. The second-order valence-electron chi connectivity index (χ2n) is 8.49. The monoisotopic (exact) mass is 637 g/mol. The number of hydrogen-bond donors (Lipinski definition) is 2. The standard InChI is InChI=1S/C27H22Cl3N3O5S2/c1-18-22(28)9-5-11-24(18)32-39(35,36)20-15-13-19(14-16-20)31-26(34)17-33(25-12-6-10-23(29)27(25)30)40(37,38)21-7-3-2-4-8-21/h2-16,32H,17H2,1H3,(H,31,34). The molecule has 0 atom stereocenters. The Bertz CT molecular complexity index is 1770. The zero-order chi connectivity index (χ0) is 29.1. The highest BCUT2D eigenvalue weighted by Crippen LogP contribution is 2.35. The third-order valence-electron chi connectivity index (χ3n) is 5.78. The van der Waals surface area contributed by atoms with Gasteiger partial charge < -0.3 is 5.32 Å². The van der Waals surface area contributed by atoms with Gasteiger partial charge in [0.15, 0.2) is 0 Å². The van der Waals surface area contributed by atoms with Gasteiger partial charge in [-0.25, -0.2) is 16.8 Å². The molecule has 40 heavy (non-hydrogen) atoms. The summed E-state index contributed by atoms with van der Waals surface area (Å²) in [7, 11) is -8.16. The van der Waals surface area contributed by atoms with Crippen LogP contribution in [-0.2, 0) is 24.8 Å². The number of nitrogens with one attached hydrogen (secondary N) is 2. The van der Waals surface area contributed by atoms with Crippen molar-refractivity contribution in [2.75, 3.05) is 20.9 Å². The molecule has 0 fully saturated rings. The molecule has 0 bridgehead atoms. The Hall–Kier alpha value is -3.28. The topological polar surface area (TPSA) is 113 Å². The van der Waals surface area contributed by atoms with Crippen molar-refractivity contribution >= 4 is 77.8 Å².